The van der Waals surface area contributed by atoms with Gasteiger partial charge in [-0.1, -0.05) is 12.1 Å². The lowest BCUT2D eigenvalue weighted by Gasteiger charge is -2.31. The maximum absolute atomic E-state index is 12.8. The molecule has 0 radical (unpaired) electrons. The number of hydrogen-bond donors (Lipinski definition) is 3. The van der Waals surface area contributed by atoms with Crippen LogP contribution in [0.15, 0.2) is 42.5 Å². The zero-order chi connectivity index (χ0) is 22.4. The number of likely N-dealkylation sites (tertiary alicyclic amines) is 1. The van der Waals surface area contributed by atoms with E-state index in [0.29, 0.717) is 42.7 Å². The molecule has 0 saturated carbocycles. The first kappa shape index (κ1) is 22.0. The minimum Gasteiger partial charge on any atom is -0.382 e. The Kier molecular flexibility index (Phi) is 7.03. The Balaban J connectivity index is 1.61. The third-order valence-electron chi connectivity index (χ3n) is 5.35. The number of rotatable bonds is 6. The van der Waals surface area contributed by atoms with E-state index in [4.69, 9.17) is 5.41 Å². The highest BCUT2D eigenvalue weighted by molar-refractivity contribution is 5.97. The molecule has 1 aliphatic rings. The van der Waals surface area contributed by atoms with Gasteiger partial charge in [0, 0.05) is 48.2 Å². The summed E-state index contributed by atoms with van der Waals surface area (Å²) in [4.78, 5) is 27.3. The Bertz CT molecular complexity index is 1020. The molecule has 0 spiro atoms. The number of nitrogens with one attached hydrogen (secondary N) is 3. The van der Waals surface area contributed by atoms with Gasteiger partial charge in [-0.15, -0.1) is 0 Å². The number of nitriles is 1. The Morgan fingerprint density at radius 2 is 1.90 bits per heavy atom. The van der Waals surface area contributed by atoms with Crippen molar-refractivity contribution < 1.29 is 9.59 Å². The van der Waals surface area contributed by atoms with Crippen molar-refractivity contribution in [2.24, 2.45) is 5.92 Å². The fraction of sp³-hybridized carbons (Fsp3) is 0.333. The molecule has 160 valence electrons. The maximum atomic E-state index is 12.8. The third kappa shape index (κ3) is 5.28. The van der Waals surface area contributed by atoms with Crippen LogP contribution in [0.25, 0.3) is 0 Å². The second-order valence-electron chi connectivity index (χ2n) is 7.96. The fourth-order valence-electron chi connectivity index (χ4n) is 3.72. The molecule has 2 aromatic carbocycles. The second-order valence-corrected chi connectivity index (χ2v) is 7.96. The summed E-state index contributed by atoms with van der Waals surface area (Å²) in [6, 6.07) is 14.5. The minimum atomic E-state index is -0.181. The highest BCUT2D eigenvalue weighted by Crippen LogP contribution is 2.24. The Morgan fingerprint density at radius 1 is 1.19 bits per heavy atom. The van der Waals surface area contributed by atoms with Crippen LogP contribution in [-0.2, 0) is 4.79 Å². The molecule has 1 saturated heterocycles. The van der Waals surface area contributed by atoms with Crippen molar-refractivity contribution in [1.82, 2.24) is 4.90 Å². The molecule has 1 aliphatic heterocycles. The Hall–Kier alpha value is -3.66. The lowest BCUT2D eigenvalue weighted by atomic mass is 9.95. The highest BCUT2D eigenvalue weighted by atomic mass is 16.2. The van der Waals surface area contributed by atoms with Gasteiger partial charge >= 0.3 is 0 Å². The Morgan fingerprint density at radius 3 is 2.55 bits per heavy atom. The monoisotopic (exact) mass is 417 g/mol. The van der Waals surface area contributed by atoms with Crippen molar-refractivity contribution in [3.63, 3.8) is 0 Å². The molecule has 3 N–H and O–H groups in total. The molecule has 0 atom stereocenters. The first-order chi connectivity index (χ1) is 14.9. The maximum Gasteiger partial charge on any atom is 0.255 e. The van der Waals surface area contributed by atoms with Gasteiger partial charge in [0.05, 0.1) is 17.2 Å². The fourth-order valence-corrected chi connectivity index (χ4v) is 3.72. The average Bonchev–Trinajstić information content (AvgIpc) is 2.78. The van der Waals surface area contributed by atoms with E-state index in [0.717, 1.165) is 11.3 Å². The van der Waals surface area contributed by atoms with Gasteiger partial charge in [0.15, 0.2) is 0 Å². The topological polar surface area (TPSA) is 109 Å². The van der Waals surface area contributed by atoms with Gasteiger partial charge in [-0.3, -0.25) is 9.59 Å². The molecule has 0 bridgehead atoms. The summed E-state index contributed by atoms with van der Waals surface area (Å²) >= 11 is 0. The summed E-state index contributed by atoms with van der Waals surface area (Å²) in [6.45, 7) is 4.99. The van der Waals surface area contributed by atoms with Crippen molar-refractivity contribution in [3.8, 4) is 6.07 Å². The SMILES string of the molecule is CC(C)Nc1cc(NC(=O)C2CCN(C(=O)c3ccccc3C#N)CC2)ccc1C=N. The van der Waals surface area contributed by atoms with Gasteiger partial charge in [0.25, 0.3) is 5.91 Å². The van der Waals surface area contributed by atoms with E-state index in [2.05, 4.69) is 16.7 Å². The molecule has 1 fully saturated rings. The summed E-state index contributed by atoms with van der Waals surface area (Å²) in [5.74, 6) is -0.413. The molecular weight excluding hydrogens is 390 g/mol. The van der Waals surface area contributed by atoms with Crippen LogP contribution in [0.1, 0.15) is 48.2 Å². The van der Waals surface area contributed by atoms with Crippen LogP contribution >= 0.6 is 0 Å². The number of benzene rings is 2. The largest absolute Gasteiger partial charge is 0.382 e. The van der Waals surface area contributed by atoms with Gasteiger partial charge in [-0.2, -0.15) is 5.26 Å². The zero-order valence-corrected chi connectivity index (χ0v) is 17.8. The second kappa shape index (κ2) is 9.90. The Labute approximate surface area is 182 Å². The predicted molar refractivity (Wildman–Crippen MR) is 122 cm³/mol. The van der Waals surface area contributed by atoms with Crippen molar-refractivity contribution >= 4 is 29.4 Å². The summed E-state index contributed by atoms with van der Waals surface area (Å²) in [7, 11) is 0. The first-order valence-corrected chi connectivity index (χ1v) is 10.4. The van der Waals surface area contributed by atoms with Crippen molar-refractivity contribution in [1.29, 1.82) is 10.7 Å². The zero-order valence-electron chi connectivity index (χ0n) is 17.8. The van der Waals surface area contributed by atoms with Crippen LogP contribution in [0.4, 0.5) is 11.4 Å². The lowest BCUT2D eigenvalue weighted by Crippen LogP contribution is -2.41. The van der Waals surface area contributed by atoms with Gasteiger partial charge in [-0.05, 0) is 57.0 Å². The van der Waals surface area contributed by atoms with Crippen LogP contribution in [0, 0.1) is 22.7 Å². The minimum absolute atomic E-state index is 0.0670. The predicted octanol–water partition coefficient (Wildman–Crippen LogP) is 3.87. The van der Waals surface area contributed by atoms with E-state index in [1.165, 1.54) is 6.21 Å². The summed E-state index contributed by atoms with van der Waals surface area (Å²) < 4.78 is 0. The van der Waals surface area contributed by atoms with E-state index < -0.39 is 0 Å². The van der Waals surface area contributed by atoms with Crippen LogP contribution < -0.4 is 10.6 Å². The van der Waals surface area contributed by atoms with Gasteiger partial charge < -0.3 is 20.9 Å². The standard InChI is InChI=1S/C24H27N5O2/c1-16(2)27-22-13-20(8-7-19(22)15-26)28-23(30)17-9-11-29(12-10-17)24(31)21-6-4-3-5-18(21)14-25/h3-8,13,15-17,26-27H,9-12H2,1-2H3,(H,28,30). The van der Waals surface area contributed by atoms with Crippen molar-refractivity contribution in [3.05, 3.63) is 59.2 Å². The van der Waals surface area contributed by atoms with Gasteiger partial charge in [0.2, 0.25) is 5.91 Å². The molecular formula is C24H27N5O2. The van der Waals surface area contributed by atoms with Crippen molar-refractivity contribution in [2.45, 2.75) is 32.7 Å². The molecule has 31 heavy (non-hydrogen) atoms. The van der Waals surface area contributed by atoms with E-state index in [1.807, 2.05) is 19.9 Å². The van der Waals surface area contributed by atoms with Crippen LogP contribution in [-0.4, -0.2) is 42.1 Å². The molecule has 1 heterocycles. The van der Waals surface area contributed by atoms with E-state index in [1.54, 1.807) is 41.3 Å². The van der Waals surface area contributed by atoms with Crippen molar-refractivity contribution in [2.75, 3.05) is 23.7 Å². The van der Waals surface area contributed by atoms with Crippen LogP contribution in [0.3, 0.4) is 0 Å². The number of anilines is 2. The van der Waals surface area contributed by atoms with Crippen LogP contribution in [0.5, 0.6) is 0 Å². The average molecular weight is 418 g/mol. The summed E-state index contributed by atoms with van der Waals surface area (Å²) in [5.41, 5.74) is 3.02. The highest BCUT2D eigenvalue weighted by Gasteiger charge is 2.28. The number of carbonyl (C=O) groups is 2. The molecule has 2 aromatic rings. The number of amides is 2. The molecule has 0 aliphatic carbocycles. The molecule has 0 unspecified atom stereocenters. The van der Waals surface area contributed by atoms with E-state index >= 15 is 0 Å². The number of nitrogens with zero attached hydrogens (tertiary/aromatic N) is 2. The molecule has 7 nitrogen and oxygen atoms in total. The molecule has 0 aromatic heterocycles. The summed E-state index contributed by atoms with van der Waals surface area (Å²) in [6.07, 6.45) is 2.43. The normalized spacial score (nSPS) is 14.1. The lowest BCUT2D eigenvalue weighted by molar-refractivity contribution is -0.121. The van der Waals surface area contributed by atoms with Crippen LogP contribution in [0.2, 0.25) is 0 Å². The third-order valence-corrected chi connectivity index (χ3v) is 5.35. The van der Waals surface area contributed by atoms with E-state index in [-0.39, 0.29) is 23.8 Å². The number of piperidine rings is 1. The smallest absolute Gasteiger partial charge is 0.255 e. The summed E-state index contributed by atoms with van der Waals surface area (Å²) in [5, 5.41) is 23.0. The number of carbonyl (C=O) groups excluding carboxylic acids is 2. The van der Waals surface area contributed by atoms with Gasteiger partial charge in [-0.25, -0.2) is 0 Å². The number of hydrogen-bond acceptors (Lipinski definition) is 5. The van der Waals surface area contributed by atoms with Gasteiger partial charge in [0.1, 0.15) is 0 Å². The quantitative estimate of drug-likeness (QED) is 0.620. The molecule has 7 heteroatoms. The van der Waals surface area contributed by atoms with E-state index in [9.17, 15) is 14.9 Å². The first-order valence-electron chi connectivity index (χ1n) is 10.4. The molecule has 3 rings (SSSR count). The molecule has 2 amide bonds.